The molecule has 2 N–H and O–H groups in total. The van der Waals surface area contributed by atoms with Crippen LogP contribution in [-0.2, 0) is 11.2 Å². The summed E-state index contributed by atoms with van der Waals surface area (Å²) in [6.45, 7) is 2.10. The summed E-state index contributed by atoms with van der Waals surface area (Å²) < 4.78 is 19.5. The molecule has 4 aromatic rings. The van der Waals surface area contributed by atoms with Crippen molar-refractivity contribution < 1.29 is 13.6 Å². The third kappa shape index (κ3) is 5.40. The second kappa shape index (κ2) is 9.92. The van der Waals surface area contributed by atoms with Gasteiger partial charge in [0.25, 0.3) is 0 Å². The quantitative estimate of drug-likeness (QED) is 0.349. The van der Waals surface area contributed by atoms with E-state index in [0.717, 1.165) is 5.69 Å². The summed E-state index contributed by atoms with van der Waals surface area (Å²) in [7, 11) is 0. The highest BCUT2D eigenvalue weighted by Crippen LogP contribution is 2.24. The van der Waals surface area contributed by atoms with Gasteiger partial charge in [-0.15, -0.1) is 0 Å². The molecule has 0 saturated heterocycles. The summed E-state index contributed by atoms with van der Waals surface area (Å²) in [5.74, 6) is 0.234. The summed E-state index contributed by atoms with van der Waals surface area (Å²) in [5.41, 5.74) is 3.24. The van der Waals surface area contributed by atoms with Gasteiger partial charge in [0.05, 0.1) is 11.8 Å². The van der Waals surface area contributed by atoms with Gasteiger partial charge in [-0.2, -0.15) is 0 Å². The minimum absolute atomic E-state index is 0.144. The number of hydrogen-bond acceptors (Lipinski definition) is 4. The lowest BCUT2D eigenvalue weighted by atomic mass is 10.1. The van der Waals surface area contributed by atoms with Crippen molar-refractivity contribution in [2.75, 3.05) is 10.6 Å². The SMILES string of the molecule is CC(Nc1ccc(NC(=O)CCc2ncc(-c3ccccc3F)o2)cc1)c1ccccc1. The number of rotatable bonds is 8. The van der Waals surface area contributed by atoms with E-state index in [2.05, 4.69) is 34.7 Å². The van der Waals surface area contributed by atoms with Crippen LogP contribution < -0.4 is 10.6 Å². The first-order valence-electron chi connectivity index (χ1n) is 10.5. The molecule has 0 saturated carbocycles. The molecule has 0 aliphatic rings. The van der Waals surface area contributed by atoms with E-state index in [4.69, 9.17) is 4.42 Å². The molecule has 5 nitrogen and oxygen atoms in total. The van der Waals surface area contributed by atoms with Gasteiger partial charge in [0.1, 0.15) is 5.82 Å². The fourth-order valence-corrected chi connectivity index (χ4v) is 3.38. The molecule has 32 heavy (non-hydrogen) atoms. The van der Waals surface area contributed by atoms with Gasteiger partial charge < -0.3 is 15.1 Å². The molecule has 0 aliphatic carbocycles. The van der Waals surface area contributed by atoms with Crippen LogP contribution in [0.4, 0.5) is 15.8 Å². The number of carbonyl (C=O) groups is 1. The molecular weight excluding hydrogens is 405 g/mol. The molecule has 1 heterocycles. The number of halogens is 1. The maximum Gasteiger partial charge on any atom is 0.224 e. The fraction of sp³-hybridized carbons (Fsp3) is 0.154. The highest BCUT2D eigenvalue weighted by atomic mass is 19.1. The van der Waals surface area contributed by atoms with Crippen molar-refractivity contribution in [2.24, 2.45) is 0 Å². The normalized spacial score (nSPS) is 11.7. The number of anilines is 2. The number of aryl methyl sites for hydroxylation is 1. The number of oxazole rings is 1. The Hall–Kier alpha value is -3.93. The molecule has 3 aromatic carbocycles. The van der Waals surface area contributed by atoms with E-state index in [1.807, 2.05) is 42.5 Å². The van der Waals surface area contributed by atoms with E-state index < -0.39 is 0 Å². The largest absolute Gasteiger partial charge is 0.441 e. The van der Waals surface area contributed by atoms with Crippen molar-refractivity contribution in [1.29, 1.82) is 0 Å². The van der Waals surface area contributed by atoms with E-state index in [9.17, 15) is 9.18 Å². The highest BCUT2D eigenvalue weighted by molar-refractivity contribution is 5.90. The van der Waals surface area contributed by atoms with Gasteiger partial charge in [-0.05, 0) is 48.9 Å². The third-order valence-corrected chi connectivity index (χ3v) is 5.11. The van der Waals surface area contributed by atoms with Crippen molar-refractivity contribution in [3.05, 3.63) is 102 Å². The van der Waals surface area contributed by atoms with Gasteiger partial charge in [-0.25, -0.2) is 9.37 Å². The molecule has 0 radical (unpaired) electrons. The monoisotopic (exact) mass is 429 g/mol. The van der Waals surface area contributed by atoms with Crippen LogP contribution in [0.1, 0.15) is 30.8 Å². The fourth-order valence-electron chi connectivity index (χ4n) is 3.38. The first-order valence-corrected chi connectivity index (χ1v) is 10.5. The van der Waals surface area contributed by atoms with Crippen molar-refractivity contribution in [3.8, 4) is 11.3 Å². The van der Waals surface area contributed by atoms with Gasteiger partial charge in [-0.3, -0.25) is 4.79 Å². The predicted molar refractivity (Wildman–Crippen MR) is 124 cm³/mol. The average Bonchev–Trinajstić information content (AvgIpc) is 3.29. The lowest BCUT2D eigenvalue weighted by Gasteiger charge is -2.16. The number of benzene rings is 3. The summed E-state index contributed by atoms with van der Waals surface area (Å²) in [5, 5.41) is 6.32. The minimum atomic E-state index is -0.371. The predicted octanol–water partition coefficient (Wildman–Crippen LogP) is 6.23. The second-order valence-electron chi connectivity index (χ2n) is 7.50. The van der Waals surface area contributed by atoms with Gasteiger partial charge in [0, 0.05) is 30.3 Å². The molecule has 1 amide bonds. The Morgan fingerprint density at radius 1 is 0.969 bits per heavy atom. The Bertz CT molecular complexity index is 1170. The Morgan fingerprint density at radius 3 is 2.41 bits per heavy atom. The number of nitrogens with zero attached hydrogens (tertiary/aromatic N) is 1. The smallest absolute Gasteiger partial charge is 0.224 e. The molecule has 1 unspecified atom stereocenters. The Kier molecular flexibility index (Phi) is 6.60. The Balaban J connectivity index is 1.28. The van der Waals surface area contributed by atoms with Crippen LogP contribution in [-0.4, -0.2) is 10.9 Å². The van der Waals surface area contributed by atoms with Crippen molar-refractivity contribution >= 4 is 17.3 Å². The number of aromatic nitrogens is 1. The summed E-state index contributed by atoms with van der Waals surface area (Å²) >= 11 is 0. The topological polar surface area (TPSA) is 67.2 Å². The van der Waals surface area contributed by atoms with E-state index >= 15 is 0 Å². The van der Waals surface area contributed by atoms with Crippen LogP contribution in [0.25, 0.3) is 11.3 Å². The van der Waals surface area contributed by atoms with Gasteiger partial charge in [0.15, 0.2) is 11.7 Å². The minimum Gasteiger partial charge on any atom is -0.441 e. The van der Waals surface area contributed by atoms with Crippen molar-refractivity contribution in [2.45, 2.75) is 25.8 Å². The maximum absolute atomic E-state index is 13.9. The lowest BCUT2D eigenvalue weighted by molar-refractivity contribution is -0.116. The van der Waals surface area contributed by atoms with Crippen LogP contribution in [0.5, 0.6) is 0 Å². The van der Waals surface area contributed by atoms with E-state index in [1.54, 1.807) is 18.2 Å². The highest BCUT2D eigenvalue weighted by Gasteiger charge is 2.12. The summed E-state index contributed by atoms with van der Waals surface area (Å²) in [6, 6.07) is 24.3. The standard InChI is InChI=1S/C26H24FN3O2/c1-18(19-7-3-2-4-8-19)29-20-11-13-21(14-12-20)30-25(31)15-16-26-28-17-24(32-26)22-9-5-6-10-23(22)27/h2-14,17-18,29H,15-16H2,1H3,(H,30,31). The Morgan fingerprint density at radius 2 is 1.66 bits per heavy atom. The van der Waals surface area contributed by atoms with Crippen LogP contribution >= 0.6 is 0 Å². The van der Waals surface area contributed by atoms with Crippen LogP contribution in [0.2, 0.25) is 0 Å². The Labute approximate surface area is 186 Å². The number of nitrogens with one attached hydrogen (secondary N) is 2. The number of carbonyl (C=O) groups excluding carboxylic acids is 1. The van der Waals surface area contributed by atoms with Crippen LogP contribution in [0, 0.1) is 5.82 Å². The molecule has 1 atom stereocenters. The molecule has 162 valence electrons. The molecule has 6 heteroatoms. The van der Waals surface area contributed by atoms with Gasteiger partial charge in [-0.1, -0.05) is 42.5 Å². The molecule has 0 bridgehead atoms. The third-order valence-electron chi connectivity index (χ3n) is 5.11. The summed E-state index contributed by atoms with van der Waals surface area (Å²) in [4.78, 5) is 16.5. The van der Waals surface area contributed by atoms with Crippen molar-refractivity contribution in [3.63, 3.8) is 0 Å². The van der Waals surface area contributed by atoms with Gasteiger partial charge >= 0.3 is 0 Å². The molecule has 4 rings (SSSR count). The zero-order valence-corrected chi connectivity index (χ0v) is 17.7. The second-order valence-corrected chi connectivity index (χ2v) is 7.50. The molecule has 0 fully saturated rings. The summed E-state index contributed by atoms with van der Waals surface area (Å²) in [6.07, 6.45) is 2.02. The number of amides is 1. The van der Waals surface area contributed by atoms with Crippen LogP contribution in [0.15, 0.2) is 89.5 Å². The van der Waals surface area contributed by atoms with Crippen molar-refractivity contribution in [1.82, 2.24) is 4.98 Å². The first-order chi connectivity index (χ1) is 15.6. The van der Waals surface area contributed by atoms with E-state index in [0.29, 0.717) is 29.3 Å². The van der Waals surface area contributed by atoms with Crippen LogP contribution in [0.3, 0.4) is 0 Å². The number of hydrogen-bond donors (Lipinski definition) is 2. The first kappa shape index (κ1) is 21.3. The zero-order chi connectivity index (χ0) is 22.3. The lowest BCUT2D eigenvalue weighted by Crippen LogP contribution is -2.12. The maximum atomic E-state index is 13.9. The van der Waals surface area contributed by atoms with E-state index in [1.165, 1.54) is 17.8 Å². The molecular formula is C26H24FN3O2. The van der Waals surface area contributed by atoms with E-state index in [-0.39, 0.29) is 24.2 Å². The average molecular weight is 429 g/mol. The molecule has 0 aliphatic heterocycles. The zero-order valence-electron chi connectivity index (χ0n) is 17.7. The molecule has 1 aromatic heterocycles. The molecule has 0 spiro atoms. The van der Waals surface area contributed by atoms with Gasteiger partial charge in [0.2, 0.25) is 5.91 Å².